The van der Waals surface area contributed by atoms with Crippen LogP contribution >= 0.6 is 0 Å². The Balaban J connectivity index is 1.80. The van der Waals surface area contributed by atoms with Crippen LogP contribution in [0.4, 0.5) is 0 Å². The molecule has 1 aliphatic carbocycles. The number of carbonyl (C=O) groups is 1. The van der Waals surface area contributed by atoms with E-state index in [1.807, 2.05) is 0 Å². The molecule has 2 aliphatic rings. The van der Waals surface area contributed by atoms with Crippen molar-refractivity contribution in [1.82, 2.24) is 4.90 Å². The third-order valence-corrected chi connectivity index (χ3v) is 5.44. The van der Waals surface area contributed by atoms with Crippen LogP contribution in [0.5, 0.6) is 0 Å². The Morgan fingerprint density at radius 1 is 1.20 bits per heavy atom. The molecule has 1 saturated heterocycles. The minimum Gasteiger partial charge on any atom is -0.339 e. The first-order valence-electron chi connectivity index (χ1n) is 8.66. The highest BCUT2D eigenvalue weighted by Gasteiger charge is 2.36. The summed E-state index contributed by atoms with van der Waals surface area (Å²) >= 11 is 0. The van der Waals surface area contributed by atoms with Crippen LogP contribution in [0.25, 0.3) is 0 Å². The molecule has 0 radical (unpaired) electrons. The molecule has 2 N–H and O–H groups in total. The molecule has 3 nitrogen and oxygen atoms in total. The van der Waals surface area contributed by atoms with Crippen molar-refractivity contribution < 1.29 is 4.79 Å². The largest absolute Gasteiger partial charge is 0.339 e. The maximum absolute atomic E-state index is 12.7. The van der Waals surface area contributed by atoms with Crippen LogP contribution in [0, 0.1) is 17.8 Å². The zero-order valence-corrected chi connectivity index (χ0v) is 13.3. The second-order valence-corrected chi connectivity index (χ2v) is 7.04. The molecule has 20 heavy (non-hydrogen) atoms. The van der Waals surface area contributed by atoms with Crippen LogP contribution in [0.15, 0.2) is 0 Å². The molecule has 0 aromatic heterocycles. The fourth-order valence-electron chi connectivity index (χ4n) is 4.05. The Labute approximate surface area is 124 Å². The second kappa shape index (κ2) is 7.44. The molecule has 2 fully saturated rings. The highest BCUT2D eigenvalue weighted by Crippen LogP contribution is 2.34. The summed E-state index contributed by atoms with van der Waals surface area (Å²) in [4.78, 5) is 14.8. The number of nitrogens with two attached hydrogens (primary N) is 1. The van der Waals surface area contributed by atoms with E-state index in [0.29, 0.717) is 23.8 Å². The van der Waals surface area contributed by atoms with E-state index in [2.05, 4.69) is 18.7 Å². The zero-order valence-electron chi connectivity index (χ0n) is 13.3. The topological polar surface area (TPSA) is 46.3 Å². The number of hydrogen-bond donors (Lipinski definition) is 1. The monoisotopic (exact) mass is 280 g/mol. The summed E-state index contributed by atoms with van der Waals surface area (Å²) in [5, 5.41) is 0. The van der Waals surface area contributed by atoms with Crippen molar-refractivity contribution in [1.29, 1.82) is 0 Å². The van der Waals surface area contributed by atoms with Gasteiger partial charge in [-0.25, -0.2) is 0 Å². The molecule has 0 aromatic carbocycles. The van der Waals surface area contributed by atoms with E-state index >= 15 is 0 Å². The number of hydrogen-bond acceptors (Lipinski definition) is 2. The van der Waals surface area contributed by atoms with Crippen molar-refractivity contribution in [2.45, 2.75) is 71.3 Å². The van der Waals surface area contributed by atoms with Gasteiger partial charge >= 0.3 is 0 Å². The highest BCUT2D eigenvalue weighted by molar-refractivity contribution is 5.79. The summed E-state index contributed by atoms with van der Waals surface area (Å²) in [6, 6.07) is 0.397. The third kappa shape index (κ3) is 3.75. The van der Waals surface area contributed by atoms with E-state index in [4.69, 9.17) is 5.73 Å². The number of unbranched alkanes of at least 4 members (excludes halogenated alkanes) is 1. The number of likely N-dealkylation sites (tertiary alicyclic amines) is 1. The molecular formula is C17H32N2O. The number of carbonyl (C=O) groups excluding carboxylic acids is 1. The van der Waals surface area contributed by atoms with Crippen LogP contribution in [0.2, 0.25) is 0 Å². The molecule has 2 unspecified atom stereocenters. The Bertz CT molecular complexity index is 310. The van der Waals surface area contributed by atoms with Crippen molar-refractivity contribution in [3.05, 3.63) is 0 Å². The predicted molar refractivity (Wildman–Crippen MR) is 83.3 cm³/mol. The van der Waals surface area contributed by atoms with Crippen molar-refractivity contribution >= 4 is 5.91 Å². The molecular weight excluding hydrogens is 248 g/mol. The molecule has 1 heterocycles. The maximum atomic E-state index is 12.7. The summed E-state index contributed by atoms with van der Waals surface area (Å²) in [5.74, 6) is 2.12. The quantitative estimate of drug-likeness (QED) is 0.840. The van der Waals surface area contributed by atoms with Gasteiger partial charge in [-0.05, 0) is 57.4 Å². The average molecular weight is 280 g/mol. The molecule has 1 saturated carbocycles. The minimum atomic E-state index is 0.298. The summed E-state index contributed by atoms with van der Waals surface area (Å²) < 4.78 is 0. The van der Waals surface area contributed by atoms with E-state index in [1.54, 1.807) is 0 Å². The lowest BCUT2D eigenvalue weighted by Crippen LogP contribution is -2.40. The molecule has 2 rings (SSSR count). The SMILES string of the molecule is CCCCC1CCC(C(=O)N2CC(CN)CC2C)CC1. The minimum absolute atomic E-state index is 0.298. The van der Waals surface area contributed by atoms with Crippen molar-refractivity contribution in [3.8, 4) is 0 Å². The first-order chi connectivity index (χ1) is 9.65. The smallest absolute Gasteiger partial charge is 0.225 e. The standard InChI is InChI=1S/C17H32N2O/c1-3-4-5-14-6-8-16(9-7-14)17(20)19-12-15(11-18)10-13(19)2/h13-16H,3-12,18H2,1-2H3. The lowest BCUT2D eigenvalue weighted by Gasteiger charge is -2.32. The van der Waals surface area contributed by atoms with E-state index in [9.17, 15) is 4.79 Å². The molecule has 2 atom stereocenters. The van der Waals surface area contributed by atoms with Gasteiger partial charge in [0.2, 0.25) is 5.91 Å². The second-order valence-electron chi connectivity index (χ2n) is 7.04. The van der Waals surface area contributed by atoms with Crippen molar-refractivity contribution in [3.63, 3.8) is 0 Å². The van der Waals surface area contributed by atoms with E-state index in [-0.39, 0.29) is 0 Å². The van der Waals surface area contributed by atoms with Gasteiger partial charge in [0.1, 0.15) is 0 Å². The summed E-state index contributed by atoms with van der Waals surface area (Å²) in [7, 11) is 0. The van der Waals surface area contributed by atoms with Gasteiger partial charge in [-0.3, -0.25) is 4.79 Å². The van der Waals surface area contributed by atoms with Gasteiger partial charge in [0.05, 0.1) is 0 Å². The predicted octanol–water partition coefficient (Wildman–Crippen LogP) is 3.18. The first-order valence-corrected chi connectivity index (χ1v) is 8.66. The molecule has 0 spiro atoms. The van der Waals surface area contributed by atoms with Gasteiger partial charge in [-0.2, -0.15) is 0 Å². The van der Waals surface area contributed by atoms with Gasteiger partial charge in [0.25, 0.3) is 0 Å². The Kier molecular flexibility index (Phi) is 5.88. The molecule has 0 aromatic rings. The van der Waals surface area contributed by atoms with E-state index < -0.39 is 0 Å². The fourth-order valence-corrected chi connectivity index (χ4v) is 4.05. The summed E-state index contributed by atoms with van der Waals surface area (Å²) in [6.45, 7) is 6.06. The van der Waals surface area contributed by atoms with Crippen molar-refractivity contribution in [2.24, 2.45) is 23.5 Å². The average Bonchev–Trinajstić information content (AvgIpc) is 2.86. The van der Waals surface area contributed by atoms with Crippen LogP contribution < -0.4 is 5.73 Å². The highest BCUT2D eigenvalue weighted by atomic mass is 16.2. The van der Waals surface area contributed by atoms with E-state index in [0.717, 1.165) is 38.3 Å². The number of nitrogens with zero attached hydrogens (tertiary/aromatic N) is 1. The van der Waals surface area contributed by atoms with Gasteiger partial charge in [-0.1, -0.05) is 26.2 Å². The van der Waals surface area contributed by atoms with Gasteiger partial charge < -0.3 is 10.6 Å². The number of rotatable bonds is 5. The fraction of sp³-hybridized carbons (Fsp3) is 0.941. The van der Waals surface area contributed by atoms with Crippen LogP contribution in [-0.4, -0.2) is 29.9 Å². The van der Waals surface area contributed by atoms with Crippen LogP contribution in [-0.2, 0) is 4.79 Å². The van der Waals surface area contributed by atoms with Gasteiger partial charge in [0.15, 0.2) is 0 Å². The molecule has 0 bridgehead atoms. The molecule has 3 heteroatoms. The van der Waals surface area contributed by atoms with Crippen LogP contribution in [0.1, 0.15) is 65.2 Å². The number of amides is 1. The Morgan fingerprint density at radius 3 is 2.45 bits per heavy atom. The Morgan fingerprint density at radius 2 is 1.90 bits per heavy atom. The normalized spacial score (nSPS) is 34.5. The molecule has 1 aliphatic heterocycles. The zero-order chi connectivity index (χ0) is 14.5. The lowest BCUT2D eigenvalue weighted by molar-refractivity contribution is -0.137. The molecule has 116 valence electrons. The van der Waals surface area contributed by atoms with Gasteiger partial charge in [-0.15, -0.1) is 0 Å². The Hall–Kier alpha value is -0.570. The first kappa shape index (κ1) is 15.8. The summed E-state index contributed by atoms with van der Waals surface area (Å²) in [6.07, 6.45) is 9.86. The summed E-state index contributed by atoms with van der Waals surface area (Å²) in [5.41, 5.74) is 5.76. The lowest BCUT2D eigenvalue weighted by atomic mass is 9.79. The third-order valence-electron chi connectivity index (χ3n) is 5.44. The maximum Gasteiger partial charge on any atom is 0.225 e. The molecule has 1 amide bonds. The van der Waals surface area contributed by atoms with Gasteiger partial charge in [0, 0.05) is 18.5 Å². The van der Waals surface area contributed by atoms with Crippen LogP contribution in [0.3, 0.4) is 0 Å². The van der Waals surface area contributed by atoms with Crippen molar-refractivity contribution in [2.75, 3.05) is 13.1 Å². The van der Waals surface area contributed by atoms with E-state index in [1.165, 1.54) is 32.1 Å².